The predicted molar refractivity (Wildman–Crippen MR) is 113 cm³/mol. The second kappa shape index (κ2) is 12.2. The van der Waals surface area contributed by atoms with Gasteiger partial charge in [-0.25, -0.2) is 4.98 Å². The lowest BCUT2D eigenvalue weighted by Gasteiger charge is -2.15. The number of pyridine rings is 1. The highest BCUT2D eigenvalue weighted by molar-refractivity contribution is 14.0. The van der Waals surface area contributed by atoms with E-state index < -0.39 is 6.61 Å². The van der Waals surface area contributed by atoms with Crippen molar-refractivity contribution in [3.63, 3.8) is 0 Å². The maximum Gasteiger partial charge on any atom is 0.387 e. The monoisotopic (exact) mass is 508 g/mol. The lowest BCUT2D eigenvalue weighted by molar-refractivity contribution is -0.0504. The molecule has 28 heavy (non-hydrogen) atoms. The van der Waals surface area contributed by atoms with E-state index in [1.54, 1.807) is 38.6 Å². The number of benzene rings is 1. The van der Waals surface area contributed by atoms with Gasteiger partial charge < -0.3 is 24.8 Å². The Bertz CT molecular complexity index is 761. The highest BCUT2D eigenvalue weighted by Crippen LogP contribution is 2.25. The molecule has 0 atom stereocenters. The second-order valence-corrected chi connectivity index (χ2v) is 5.34. The van der Waals surface area contributed by atoms with E-state index in [1.165, 1.54) is 13.2 Å². The van der Waals surface area contributed by atoms with Crippen molar-refractivity contribution in [1.82, 2.24) is 15.6 Å². The number of guanidine groups is 1. The van der Waals surface area contributed by atoms with Gasteiger partial charge in [0.15, 0.2) is 5.96 Å². The molecule has 0 aliphatic heterocycles. The Morgan fingerprint density at radius 2 is 1.86 bits per heavy atom. The first-order valence-corrected chi connectivity index (χ1v) is 8.11. The van der Waals surface area contributed by atoms with E-state index in [-0.39, 0.29) is 36.3 Å². The largest absolute Gasteiger partial charge is 0.497 e. The molecule has 0 saturated heterocycles. The average molecular weight is 508 g/mol. The van der Waals surface area contributed by atoms with Crippen molar-refractivity contribution in [2.24, 2.45) is 4.99 Å². The summed E-state index contributed by atoms with van der Waals surface area (Å²) in [5.74, 6) is 1.65. The van der Waals surface area contributed by atoms with Gasteiger partial charge in [0.25, 0.3) is 0 Å². The minimum absolute atomic E-state index is 0. The number of nitrogens with one attached hydrogen (secondary N) is 2. The summed E-state index contributed by atoms with van der Waals surface area (Å²) in [6.07, 6.45) is 1.69. The molecule has 2 aromatic rings. The second-order valence-electron chi connectivity index (χ2n) is 5.34. The van der Waals surface area contributed by atoms with E-state index in [0.29, 0.717) is 29.7 Å². The zero-order valence-electron chi connectivity index (χ0n) is 15.7. The molecule has 10 heteroatoms. The zero-order chi connectivity index (χ0) is 19.6. The Labute approximate surface area is 179 Å². The van der Waals surface area contributed by atoms with Crippen LogP contribution in [0.5, 0.6) is 17.4 Å². The summed E-state index contributed by atoms with van der Waals surface area (Å²) in [6, 6.07) is 8.28. The first-order chi connectivity index (χ1) is 13.0. The number of hydrogen-bond acceptors (Lipinski definition) is 5. The molecule has 1 aromatic carbocycles. The third-order valence-electron chi connectivity index (χ3n) is 3.62. The maximum absolute atomic E-state index is 12.6. The molecule has 1 heterocycles. The average Bonchev–Trinajstić information content (AvgIpc) is 2.69. The summed E-state index contributed by atoms with van der Waals surface area (Å²) >= 11 is 0. The number of hydrogen-bond donors (Lipinski definition) is 2. The van der Waals surface area contributed by atoms with Crippen LogP contribution in [0.15, 0.2) is 41.5 Å². The van der Waals surface area contributed by atoms with Crippen LogP contribution in [0.2, 0.25) is 0 Å². The van der Waals surface area contributed by atoms with Crippen LogP contribution >= 0.6 is 24.0 Å². The van der Waals surface area contributed by atoms with Gasteiger partial charge in [-0.05, 0) is 23.8 Å². The molecule has 2 N–H and O–H groups in total. The minimum Gasteiger partial charge on any atom is -0.497 e. The molecule has 154 valence electrons. The Hall–Kier alpha value is -2.37. The van der Waals surface area contributed by atoms with Crippen LogP contribution in [0.3, 0.4) is 0 Å². The van der Waals surface area contributed by atoms with Crippen LogP contribution in [0, 0.1) is 0 Å². The van der Waals surface area contributed by atoms with E-state index in [0.717, 1.165) is 5.56 Å². The van der Waals surface area contributed by atoms with Crippen LogP contribution in [0.25, 0.3) is 0 Å². The summed E-state index contributed by atoms with van der Waals surface area (Å²) in [5, 5.41) is 6.18. The summed E-state index contributed by atoms with van der Waals surface area (Å²) in [6.45, 7) is -2.20. The van der Waals surface area contributed by atoms with E-state index in [2.05, 4.69) is 25.3 Å². The molecular weight excluding hydrogens is 485 g/mol. The lowest BCUT2D eigenvalue weighted by Crippen LogP contribution is -2.36. The lowest BCUT2D eigenvalue weighted by atomic mass is 10.2. The number of aliphatic imine (C=N–C) groups is 1. The van der Waals surface area contributed by atoms with Crippen molar-refractivity contribution in [2.75, 3.05) is 21.3 Å². The minimum atomic E-state index is -2.91. The first-order valence-electron chi connectivity index (χ1n) is 8.11. The molecular formula is C18H23F2IN4O3. The maximum atomic E-state index is 12.6. The zero-order valence-corrected chi connectivity index (χ0v) is 18.1. The number of rotatable bonds is 8. The molecule has 0 aliphatic rings. The van der Waals surface area contributed by atoms with Gasteiger partial charge in [0.05, 0.1) is 14.2 Å². The van der Waals surface area contributed by atoms with Crippen molar-refractivity contribution in [2.45, 2.75) is 19.7 Å². The van der Waals surface area contributed by atoms with Gasteiger partial charge in [-0.15, -0.1) is 24.0 Å². The van der Waals surface area contributed by atoms with Crippen LogP contribution in [-0.2, 0) is 13.1 Å². The fourth-order valence-corrected chi connectivity index (χ4v) is 2.25. The fourth-order valence-electron chi connectivity index (χ4n) is 2.25. The van der Waals surface area contributed by atoms with E-state index in [1.807, 2.05) is 6.07 Å². The van der Waals surface area contributed by atoms with Crippen LogP contribution in [0.4, 0.5) is 8.78 Å². The highest BCUT2D eigenvalue weighted by atomic mass is 127. The molecule has 0 saturated carbocycles. The van der Waals surface area contributed by atoms with Crippen LogP contribution in [0.1, 0.15) is 11.1 Å². The van der Waals surface area contributed by atoms with Crippen molar-refractivity contribution >= 4 is 29.9 Å². The number of aromatic nitrogens is 1. The first kappa shape index (κ1) is 23.7. The molecule has 7 nitrogen and oxygen atoms in total. The van der Waals surface area contributed by atoms with Crippen molar-refractivity contribution in [1.29, 1.82) is 0 Å². The van der Waals surface area contributed by atoms with Crippen molar-refractivity contribution < 1.29 is 23.0 Å². The Morgan fingerprint density at radius 3 is 2.43 bits per heavy atom. The summed E-state index contributed by atoms with van der Waals surface area (Å²) in [4.78, 5) is 8.24. The smallest absolute Gasteiger partial charge is 0.387 e. The van der Waals surface area contributed by atoms with Crippen LogP contribution in [-0.4, -0.2) is 38.8 Å². The molecule has 0 fully saturated rings. The number of alkyl halides is 2. The SMILES string of the molecule is CN=C(NCc1ccc(OC)nc1)NCc1cc(OC)ccc1OC(F)F.I. The predicted octanol–water partition coefficient (Wildman–Crippen LogP) is 3.18. The van der Waals surface area contributed by atoms with Gasteiger partial charge in [0.2, 0.25) is 5.88 Å². The highest BCUT2D eigenvalue weighted by Gasteiger charge is 2.11. The number of halogens is 3. The summed E-state index contributed by atoms with van der Waals surface area (Å²) < 4.78 is 39.9. The van der Waals surface area contributed by atoms with E-state index >= 15 is 0 Å². The van der Waals surface area contributed by atoms with Crippen molar-refractivity contribution in [3.8, 4) is 17.4 Å². The summed E-state index contributed by atoms with van der Waals surface area (Å²) in [5.41, 5.74) is 1.45. The standard InChI is InChI=1S/C18H22F2N4O3.HI/c1-21-18(23-10-12-4-7-16(26-3)22-9-12)24-11-13-8-14(25-2)5-6-15(13)27-17(19)20;/h4-9,17H,10-11H2,1-3H3,(H2,21,23,24);1H. The van der Waals surface area contributed by atoms with Gasteiger partial charge in [-0.1, -0.05) is 6.07 Å². The molecule has 0 spiro atoms. The number of ether oxygens (including phenoxy) is 3. The molecule has 0 unspecified atom stereocenters. The Kier molecular flexibility index (Phi) is 10.3. The molecule has 0 aliphatic carbocycles. The fraction of sp³-hybridized carbons (Fsp3) is 0.333. The molecule has 0 radical (unpaired) electrons. The van der Waals surface area contributed by atoms with Gasteiger partial charge >= 0.3 is 6.61 Å². The number of methoxy groups -OCH3 is 2. The third-order valence-corrected chi connectivity index (χ3v) is 3.62. The summed E-state index contributed by atoms with van der Waals surface area (Å²) in [7, 11) is 4.67. The quantitative estimate of drug-likeness (QED) is 0.324. The van der Waals surface area contributed by atoms with Crippen molar-refractivity contribution in [3.05, 3.63) is 47.7 Å². The molecule has 0 amide bonds. The van der Waals surface area contributed by atoms with E-state index in [4.69, 9.17) is 9.47 Å². The van der Waals surface area contributed by atoms with Gasteiger partial charge in [-0.3, -0.25) is 4.99 Å². The third kappa shape index (κ3) is 7.33. The normalized spacial score (nSPS) is 10.9. The molecule has 2 rings (SSSR count). The Morgan fingerprint density at radius 1 is 1.11 bits per heavy atom. The van der Waals surface area contributed by atoms with Gasteiger partial charge in [0.1, 0.15) is 11.5 Å². The van der Waals surface area contributed by atoms with Gasteiger partial charge in [0, 0.05) is 38.0 Å². The molecule has 1 aromatic heterocycles. The van der Waals surface area contributed by atoms with Gasteiger partial charge in [-0.2, -0.15) is 8.78 Å². The van der Waals surface area contributed by atoms with E-state index in [9.17, 15) is 8.78 Å². The topological polar surface area (TPSA) is 77.0 Å². The molecule has 0 bridgehead atoms. The Balaban J connectivity index is 0.00000392. The number of nitrogens with zero attached hydrogens (tertiary/aromatic N) is 2. The van der Waals surface area contributed by atoms with Crippen LogP contribution < -0.4 is 24.8 Å².